The van der Waals surface area contributed by atoms with E-state index in [1.54, 1.807) is 0 Å². The second-order valence-corrected chi connectivity index (χ2v) is 12.9. The SMILES string of the molecule is CCN1CC(=O)N(C(C)(C)CCSCCCSCCC(C)(C)N2C(=O)CN(CC)C2=S)C1=S. The Hall–Kier alpha value is -0.580. The van der Waals surface area contributed by atoms with E-state index in [1.165, 1.54) is 0 Å². The van der Waals surface area contributed by atoms with Crippen molar-refractivity contribution in [3.63, 3.8) is 0 Å². The highest BCUT2D eigenvalue weighted by molar-refractivity contribution is 8.00. The summed E-state index contributed by atoms with van der Waals surface area (Å²) in [6.07, 6.45) is 3.02. The van der Waals surface area contributed by atoms with Crippen LogP contribution in [0.5, 0.6) is 0 Å². The van der Waals surface area contributed by atoms with Gasteiger partial charge < -0.3 is 9.80 Å². The summed E-state index contributed by atoms with van der Waals surface area (Å²) in [5, 5.41) is 1.35. The molecular weight excluding hydrogens is 493 g/mol. The molecule has 2 fully saturated rings. The standard InChI is InChI=1S/C23H40N4O2S4/c1-7-24-16-18(28)26(20(24)30)22(3,4)10-14-32-12-9-13-33-15-11-23(5,6)27-19(29)17-25(8-2)21(27)31/h7-17H2,1-6H3. The van der Waals surface area contributed by atoms with E-state index < -0.39 is 0 Å². The van der Waals surface area contributed by atoms with Crippen LogP contribution in [0, 0.1) is 0 Å². The molecule has 0 aromatic rings. The predicted octanol–water partition coefficient (Wildman–Crippen LogP) is 4.08. The van der Waals surface area contributed by atoms with Gasteiger partial charge in [-0.15, -0.1) is 0 Å². The third-order valence-electron chi connectivity index (χ3n) is 6.34. The van der Waals surface area contributed by atoms with Crippen LogP contribution >= 0.6 is 48.0 Å². The fourth-order valence-electron chi connectivity index (χ4n) is 4.12. The van der Waals surface area contributed by atoms with Gasteiger partial charge in [0.05, 0.1) is 13.1 Å². The van der Waals surface area contributed by atoms with Gasteiger partial charge in [-0.25, -0.2) is 0 Å². The third kappa shape index (κ3) is 7.21. The summed E-state index contributed by atoms with van der Waals surface area (Å²) in [6, 6.07) is 0. The van der Waals surface area contributed by atoms with Crippen molar-refractivity contribution >= 4 is 70.0 Å². The van der Waals surface area contributed by atoms with Gasteiger partial charge in [0.1, 0.15) is 0 Å². The Kier molecular flexibility index (Phi) is 10.8. The zero-order valence-corrected chi connectivity index (χ0v) is 24.3. The van der Waals surface area contributed by atoms with Crippen molar-refractivity contribution in [2.24, 2.45) is 0 Å². The number of carbonyl (C=O) groups is 2. The van der Waals surface area contributed by atoms with Crippen LogP contribution in [0.2, 0.25) is 0 Å². The number of carbonyl (C=O) groups excluding carboxylic acids is 2. The molecule has 0 bridgehead atoms. The van der Waals surface area contributed by atoms with Gasteiger partial charge in [-0.1, -0.05) is 0 Å². The molecule has 10 heteroatoms. The molecule has 33 heavy (non-hydrogen) atoms. The smallest absolute Gasteiger partial charge is 0.248 e. The van der Waals surface area contributed by atoms with Crippen molar-refractivity contribution in [1.29, 1.82) is 0 Å². The number of thiocarbonyl (C=S) groups is 2. The number of likely N-dealkylation sites (N-methyl/N-ethyl adjacent to an activating group) is 2. The first-order valence-corrected chi connectivity index (χ1v) is 15.0. The summed E-state index contributed by atoms with van der Waals surface area (Å²) < 4.78 is 0. The topological polar surface area (TPSA) is 47.1 Å². The molecule has 0 saturated carbocycles. The Morgan fingerprint density at radius 3 is 1.39 bits per heavy atom. The lowest BCUT2D eigenvalue weighted by Gasteiger charge is -2.35. The van der Waals surface area contributed by atoms with E-state index in [9.17, 15) is 9.59 Å². The van der Waals surface area contributed by atoms with Crippen LogP contribution in [0.1, 0.15) is 60.8 Å². The fourth-order valence-corrected chi connectivity index (χ4v) is 7.78. The van der Waals surface area contributed by atoms with Crippen molar-refractivity contribution in [1.82, 2.24) is 19.6 Å². The minimum Gasteiger partial charge on any atom is -0.340 e. The van der Waals surface area contributed by atoms with Crippen LogP contribution in [0.4, 0.5) is 0 Å². The van der Waals surface area contributed by atoms with Crippen LogP contribution in [0.25, 0.3) is 0 Å². The van der Waals surface area contributed by atoms with E-state index >= 15 is 0 Å². The van der Waals surface area contributed by atoms with E-state index in [0.717, 1.165) is 55.4 Å². The zero-order valence-electron chi connectivity index (χ0n) is 21.0. The number of hydrogen-bond donors (Lipinski definition) is 0. The monoisotopic (exact) mass is 532 g/mol. The summed E-state index contributed by atoms with van der Waals surface area (Å²) >= 11 is 14.9. The van der Waals surface area contributed by atoms with Gasteiger partial charge in [-0.05, 0) is 108 Å². The quantitative estimate of drug-likeness (QED) is 0.245. The van der Waals surface area contributed by atoms with Crippen molar-refractivity contribution in [2.75, 3.05) is 49.2 Å². The van der Waals surface area contributed by atoms with E-state index in [0.29, 0.717) is 23.3 Å². The second kappa shape index (κ2) is 12.4. The van der Waals surface area contributed by atoms with E-state index in [2.05, 4.69) is 27.7 Å². The molecule has 6 nitrogen and oxygen atoms in total. The first-order valence-electron chi connectivity index (χ1n) is 11.9. The highest BCUT2D eigenvalue weighted by Gasteiger charge is 2.42. The molecule has 188 valence electrons. The molecule has 2 rings (SSSR count). The minimum atomic E-state index is -0.244. The lowest BCUT2D eigenvalue weighted by atomic mass is 10.00. The largest absolute Gasteiger partial charge is 0.340 e. The van der Waals surface area contributed by atoms with E-state index in [4.69, 9.17) is 24.4 Å². The highest BCUT2D eigenvalue weighted by atomic mass is 32.2. The maximum absolute atomic E-state index is 12.4. The Bertz CT molecular complexity index is 684. The Morgan fingerprint density at radius 1 is 0.727 bits per heavy atom. The summed E-state index contributed by atoms with van der Waals surface area (Å²) in [7, 11) is 0. The lowest BCUT2D eigenvalue weighted by Crippen LogP contribution is -2.48. The van der Waals surface area contributed by atoms with Crippen LogP contribution < -0.4 is 0 Å². The van der Waals surface area contributed by atoms with Crippen molar-refractivity contribution < 1.29 is 9.59 Å². The van der Waals surface area contributed by atoms with Gasteiger partial charge in [-0.3, -0.25) is 19.4 Å². The molecule has 0 aromatic carbocycles. The molecule has 0 N–H and O–H groups in total. The Morgan fingerprint density at radius 2 is 1.09 bits per heavy atom. The highest BCUT2D eigenvalue weighted by Crippen LogP contribution is 2.28. The maximum Gasteiger partial charge on any atom is 0.248 e. The van der Waals surface area contributed by atoms with Crippen molar-refractivity contribution in [3.8, 4) is 0 Å². The summed E-state index contributed by atoms with van der Waals surface area (Å²) in [6.45, 7) is 14.9. The molecule has 2 saturated heterocycles. The first-order chi connectivity index (χ1) is 15.5. The molecule has 2 aliphatic heterocycles. The van der Waals surface area contributed by atoms with Gasteiger partial charge in [-0.2, -0.15) is 23.5 Å². The summed E-state index contributed by atoms with van der Waals surface area (Å²) in [5.41, 5.74) is -0.487. The first kappa shape index (κ1) is 28.7. The van der Waals surface area contributed by atoms with Crippen LogP contribution in [-0.4, -0.2) is 102 Å². The maximum atomic E-state index is 12.4. The van der Waals surface area contributed by atoms with Gasteiger partial charge in [0.25, 0.3) is 0 Å². The summed E-state index contributed by atoms with van der Waals surface area (Å²) in [5.74, 6) is 4.51. The average Bonchev–Trinajstić information content (AvgIpc) is 3.20. The number of hydrogen-bond acceptors (Lipinski definition) is 6. The fraction of sp³-hybridized carbons (Fsp3) is 0.826. The van der Waals surface area contributed by atoms with Gasteiger partial charge >= 0.3 is 0 Å². The van der Waals surface area contributed by atoms with Gasteiger partial charge in [0.2, 0.25) is 11.8 Å². The van der Waals surface area contributed by atoms with Crippen LogP contribution in [0.3, 0.4) is 0 Å². The normalized spacial score (nSPS) is 17.9. The van der Waals surface area contributed by atoms with Crippen molar-refractivity contribution in [2.45, 2.75) is 71.9 Å². The Balaban J connectivity index is 1.61. The molecule has 0 unspecified atom stereocenters. The molecule has 0 radical (unpaired) electrons. The number of amides is 2. The molecule has 0 atom stereocenters. The van der Waals surface area contributed by atoms with Crippen LogP contribution in [-0.2, 0) is 9.59 Å². The third-order valence-corrected chi connectivity index (χ3v) is 9.36. The summed E-state index contributed by atoms with van der Waals surface area (Å²) in [4.78, 5) is 32.4. The van der Waals surface area contributed by atoms with Gasteiger partial charge in [0.15, 0.2) is 10.2 Å². The molecule has 2 aliphatic rings. The average molecular weight is 533 g/mol. The number of rotatable bonds is 14. The second-order valence-electron chi connectivity index (χ2n) is 9.75. The predicted molar refractivity (Wildman–Crippen MR) is 150 cm³/mol. The molecule has 0 spiro atoms. The molecular formula is C23H40N4O2S4. The van der Waals surface area contributed by atoms with E-state index in [1.807, 2.05) is 57.0 Å². The van der Waals surface area contributed by atoms with E-state index in [-0.39, 0.29) is 22.9 Å². The van der Waals surface area contributed by atoms with Gasteiger partial charge in [0, 0.05) is 24.2 Å². The number of nitrogens with zero attached hydrogens (tertiary/aromatic N) is 4. The van der Waals surface area contributed by atoms with Crippen molar-refractivity contribution in [3.05, 3.63) is 0 Å². The molecule has 2 heterocycles. The lowest BCUT2D eigenvalue weighted by molar-refractivity contribution is -0.129. The number of thioether (sulfide) groups is 2. The van der Waals surface area contributed by atoms with Crippen LogP contribution in [0.15, 0.2) is 0 Å². The molecule has 0 aromatic heterocycles. The Labute approximate surface area is 219 Å². The molecule has 0 aliphatic carbocycles. The molecule has 2 amide bonds. The zero-order chi connectivity index (χ0) is 24.8. The minimum absolute atomic E-state index is 0.120.